The summed E-state index contributed by atoms with van der Waals surface area (Å²) in [7, 11) is 0. The molecule has 0 unspecified atom stereocenters. The third-order valence-electron chi connectivity index (χ3n) is 5.57. The maximum atomic E-state index is 12.8. The molecule has 6 heteroatoms. The van der Waals surface area contributed by atoms with Crippen LogP contribution in [0.25, 0.3) is 0 Å². The molecule has 2 aromatic rings. The van der Waals surface area contributed by atoms with Crippen molar-refractivity contribution in [2.75, 3.05) is 6.54 Å². The highest BCUT2D eigenvalue weighted by molar-refractivity contribution is 5.88. The lowest BCUT2D eigenvalue weighted by Gasteiger charge is -2.18. The molecule has 0 radical (unpaired) electrons. The average molecular weight is 467 g/mol. The van der Waals surface area contributed by atoms with Crippen molar-refractivity contribution in [1.29, 1.82) is 0 Å². The maximum Gasteiger partial charge on any atom is 0.306 e. The number of ether oxygens (including phenoxy) is 1. The molecule has 184 valence electrons. The first-order valence-corrected chi connectivity index (χ1v) is 12.4. The van der Waals surface area contributed by atoms with Crippen LogP contribution in [-0.4, -0.2) is 30.4 Å². The summed E-state index contributed by atoms with van der Waals surface area (Å²) >= 11 is 0. The quantitative estimate of drug-likeness (QED) is 0.277. The number of hydrogen-bond acceptors (Lipinski definition) is 4. The first kappa shape index (κ1) is 27.1. The number of amides is 2. The van der Waals surface area contributed by atoms with Crippen LogP contribution in [0.3, 0.4) is 0 Å². The Morgan fingerprint density at radius 2 is 1.44 bits per heavy atom. The van der Waals surface area contributed by atoms with Gasteiger partial charge in [0.15, 0.2) is 0 Å². The van der Waals surface area contributed by atoms with Crippen LogP contribution in [0, 0.1) is 0 Å². The van der Waals surface area contributed by atoms with E-state index in [1.807, 2.05) is 60.7 Å². The summed E-state index contributed by atoms with van der Waals surface area (Å²) in [6.07, 6.45) is 7.21. The Morgan fingerprint density at radius 3 is 2.12 bits per heavy atom. The molecule has 0 spiro atoms. The summed E-state index contributed by atoms with van der Waals surface area (Å²) in [5.41, 5.74) is 1.77. The van der Waals surface area contributed by atoms with Gasteiger partial charge in [0.1, 0.15) is 12.6 Å². The van der Waals surface area contributed by atoms with Gasteiger partial charge in [-0.25, -0.2) is 0 Å². The zero-order valence-electron chi connectivity index (χ0n) is 20.3. The molecule has 1 atom stereocenters. The van der Waals surface area contributed by atoms with Gasteiger partial charge in [0.05, 0.1) is 6.42 Å². The highest BCUT2D eigenvalue weighted by atomic mass is 16.5. The van der Waals surface area contributed by atoms with E-state index in [9.17, 15) is 14.4 Å². The Bertz CT molecular complexity index is 855. The molecule has 0 saturated heterocycles. The largest absolute Gasteiger partial charge is 0.461 e. The molecule has 0 aliphatic carbocycles. The zero-order chi connectivity index (χ0) is 24.4. The lowest BCUT2D eigenvalue weighted by atomic mass is 10.1. The monoisotopic (exact) mass is 466 g/mol. The molecule has 0 saturated carbocycles. The summed E-state index contributed by atoms with van der Waals surface area (Å²) in [6, 6.07) is 18.0. The van der Waals surface area contributed by atoms with Crippen molar-refractivity contribution in [3.8, 4) is 0 Å². The molecule has 0 bridgehead atoms. The van der Waals surface area contributed by atoms with Gasteiger partial charge in [0.25, 0.3) is 0 Å². The normalized spacial score (nSPS) is 11.4. The van der Waals surface area contributed by atoms with Crippen LogP contribution in [-0.2, 0) is 32.1 Å². The lowest BCUT2D eigenvalue weighted by molar-refractivity contribution is -0.145. The summed E-state index contributed by atoms with van der Waals surface area (Å²) in [5, 5.41) is 5.72. The predicted molar refractivity (Wildman–Crippen MR) is 134 cm³/mol. The third kappa shape index (κ3) is 11.6. The fourth-order valence-corrected chi connectivity index (χ4v) is 3.61. The zero-order valence-corrected chi connectivity index (χ0v) is 20.3. The summed E-state index contributed by atoms with van der Waals surface area (Å²) < 4.78 is 5.32. The standard InChI is InChI=1S/C28H38N2O4/c1-2-3-4-5-6-13-20-29-28(33)25(30-26(31)21-23-14-9-7-10-15-23)18-19-27(32)34-22-24-16-11-8-12-17-24/h7-12,14-17,25H,2-6,13,18-22H2,1H3,(H,29,33)(H,30,31)/t25-/m0/s1. The molecule has 6 nitrogen and oxygen atoms in total. The Balaban J connectivity index is 1.82. The molecule has 34 heavy (non-hydrogen) atoms. The summed E-state index contributed by atoms with van der Waals surface area (Å²) in [4.78, 5) is 37.6. The molecule has 2 aromatic carbocycles. The predicted octanol–water partition coefficient (Wildman–Crippen LogP) is 4.71. The molecule has 0 fully saturated rings. The molecule has 0 aliphatic heterocycles. The van der Waals surface area contributed by atoms with Crippen molar-refractivity contribution in [3.05, 3.63) is 71.8 Å². The Kier molecular flexibility index (Phi) is 13.1. The summed E-state index contributed by atoms with van der Waals surface area (Å²) in [5.74, 6) is -0.899. The van der Waals surface area contributed by atoms with Crippen molar-refractivity contribution in [2.24, 2.45) is 0 Å². The number of unbranched alkanes of at least 4 members (excludes halogenated alkanes) is 5. The minimum atomic E-state index is -0.777. The number of nitrogens with one attached hydrogen (secondary N) is 2. The van der Waals surface area contributed by atoms with E-state index in [1.54, 1.807) is 0 Å². The number of carbonyl (C=O) groups is 3. The van der Waals surface area contributed by atoms with Gasteiger partial charge in [-0.3, -0.25) is 14.4 Å². The van der Waals surface area contributed by atoms with Crippen molar-refractivity contribution >= 4 is 17.8 Å². The van der Waals surface area contributed by atoms with Gasteiger partial charge in [-0.05, 0) is 24.0 Å². The van der Waals surface area contributed by atoms with Gasteiger partial charge < -0.3 is 15.4 Å². The highest BCUT2D eigenvalue weighted by Gasteiger charge is 2.22. The van der Waals surface area contributed by atoms with E-state index < -0.39 is 12.0 Å². The highest BCUT2D eigenvalue weighted by Crippen LogP contribution is 2.07. The van der Waals surface area contributed by atoms with Crippen LogP contribution in [0.2, 0.25) is 0 Å². The second kappa shape index (κ2) is 16.5. The van der Waals surface area contributed by atoms with Crippen molar-refractivity contribution in [2.45, 2.75) is 77.4 Å². The molecule has 2 amide bonds. The van der Waals surface area contributed by atoms with E-state index in [4.69, 9.17) is 4.74 Å². The Morgan fingerprint density at radius 1 is 0.824 bits per heavy atom. The van der Waals surface area contributed by atoms with Gasteiger partial charge in [0.2, 0.25) is 11.8 Å². The van der Waals surface area contributed by atoms with Crippen molar-refractivity contribution in [1.82, 2.24) is 10.6 Å². The first-order valence-electron chi connectivity index (χ1n) is 12.4. The molecule has 0 aliphatic rings. The van der Waals surface area contributed by atoms with Crippen LogP contribution in [0.1, 0.15) is 69.4 Å². The van der Waals surface area contributed by atoms with E-state index in [0.717, 1.165) is 30.4 Å². The fourth-order valence-electron chi connectivity index (χ4n) is 3.61. The SMILES string of the molecule is CCCCCCCCNC(=O)[C@H](CCC(=O)OCc1ccccc1)NC(=O)Cc1ccccc1. The second-order valence-corrected chi connectivity index (χ2v) is 8.53. The van der Waals surface area contributed by atoms with E-state index in [0.29, 0.717) is 6.54 Å². The van der Waals surface area contributed by atoms with Crippen LogP contribution >= 0.6 is 0 Å². The van der Waals surface area contributed by atoms with E-state index in [2.05, 4.69) is 17.6 Å². The summed E-state index contributed by atoms with van der Waals surface area (Å²) in [6.45, 7) is 2.94. The van der Waals surface area contributed by atoms with Gasteiger partial charge in [-0.1, -0.05) is 99.7 Å². The van der Waals surface area contributed by atoms with E-state index in [1.165, 1.54) is 19.3 Å². The van der Waals surface area contributed by atoms with Crippen molar-refractivity contribution in [3.63, 3.8) is 0 Å². The minimum Gasteiger partial charge on any atom is -0.461 e. The fraction of sp³-hybridized carbons (Fsp3) is 0.464. The first-order chi connectivity index (χ1) is 16.6. The van der Waals surface area contributed by atoms with Crippen molar-refractivity contribution < 1.29 is 19.1 Å². The van der Waals surface area contributed by atoms with Gasteiger partial charge >= 0.3 is 5.97 Å². The maximum absolute atomic E-state index is 12.8. The van der Waals surface area contributed by atoms with Gasteiger partial charge in [-0.2, -0.15) is 0 Å². The van der Waals surface area contributed by atoms with Crippen LogP contribution in [0.15, 0.2) is 60.7 Å². The topological polar surface area (TPSA) is 84.5 Å². The Labute approximate surface area is 203 Å². The molecule has 0 heterocycles. The van der Waals surface area contributed by atoms with E-state index in [-0.39, 0.29) is 37.7 Å². The average Bonchev–Trinajstić information content (AvgIpc) is 2.85. The Hall–Kier alpha value is -3.15. The van der Waals surface area contributed by atoms with Gasteiger partial charge in [0, 0.05) is 13.0 Å². The molecule has 2 rings (SSSR count). The number of hydrogen-bond donors (Lipinski definition) is 2. The smallest absolute Gasteiger partial charge is 0.306 e. The van der Waals surface area contributed by atoms with E-state index >= 15 is 0 Å². The number of esters is 1. The van der Waals surface area contributed by atoms with Crippen LogP contribution in [0.5, 0.6) is 0 Å². The third-order valence-corrected chi connectivity index (χ3v) is 5.57. The number of benzene rings is 2. The molecular weight excluding hydrogens is 428 g/mol. The molecule has 2 N–H and O–H groups in total. The van der Waals surface area contributed by atoms with Crippen LogP contribution in [0.4, 0.5) is 0 Å². The van der Waals surface area contributed by atoms with Crippen LogP contribution < -0.4 is 10.6 Å². The second-order valence-electron chi connectivity index (χ2n) is 8.53. The molecule has 0 aromatic heterocycles. The number of carbonyl (C=O) groups excluding carboxylic acids is 3. The molecular formula is C28H38N2O4. The number of rotatable bonds is 16. The van der Waals surface area contributed by atoms with Gasteiger partial charge in [-0.15, -0.1) is 0 Å². The minimum absolute atomic E-state index is 0.0492. The lowest BCUT2D eigenvalue weighted by Crippen LogP contribution is -2.47.